The molecule has 0 aromatic heterocycles. The van der Waals surface area contributed by atoms with E-state index >= 15 is 0 Å². The van der Waals surface area contributed by atoms with E-state index in [9.17, 15) is 4.79 Å². The number of hydrogen-bond acceptors (Lipinski definition) is 3. The van der Waals surface area contributed by atoms with Crippen LogP contribution in [0.25, 0.3) is 0 Å². The molecule has 0 aliphatic carbocycles. The van der Waals surface area contributed by atoms with Gasteiger partial charge in [-0.2, -0.15) is 0 Å². The van der Waals surface area contributed by atoms with E-state index in [4.69, 9.17) is 5.73 Å². The van der Waals surface area contributed by atoms with Gasteiger partial charge in [0.05, 0.1) is 5.25 Å². The van der Waals surface area contributed by atoms with Crippen LogP contribution in [-0.4, -0.2) is 29.1 Å². The Morgan fingerprint density at radius 1 is 1.20 bits per heavy atom. The first-order valence-electron chi connectivity index (χ1n) is 7.45. The van der Waals surface area contributed by atoms with Gasteiger partial charge < -0.3 is 10.6 Å². The average molecular weight is 292 g/mol. The molecule has 1 fully saturated rings. The molecule has 1 atom stereocenters. The number of hydrogen-bond donors (Lipinski definition) is 1. The van der Waals surface area contributed by atoms with E-state index < -0.39 is 0 Å². The highest BCUT2D eigenvalue weighted by Crippen LogP contribution is 2.25. The zero-order valence-corrected chi connectivity index (χ0v) is 13.0. The summed E-state index contributed by atoms with van der Waals surface area (Å²) in [6, 6.07) is 8.18. The van der Waals surface area contributed by atoms with Crippen molar-refractivity contribution in [3.63, 3.8) is 0 Å². The Morgan fingerprint density at radius 2 is 1.80 bits per heavy atom. The summed E-state index contributed by atoms with van der Waals surface area (Å²) >= 11 is 1.64. The minimum absolute atomic E-state index is 0.0168. The van der Waals surface area contributed by atoms with E-state index in [1.54, 1.807) is 11.8 Å². The summed E-state index contributed by atoms with van der Waals surface area (Å²) in [7, 11) is 0. The number of benzene rings is 1. The summed E-state index contributed by atoms with van der Waals surface area (Å²) in [4.78, 5) is 15.6. The molecule has 3 nitrogen and oxygen atoms in total. The maximum absolute atomic E-state index is 12.5. The Hall–Kier alpha value is -1.00. The van der Waals surface area contributed by atoms with E-state index in [0.717, 1.165) is 36.4 Å². The molecule has 1 aromatic rings. The molecule has 1 aliphatic heterocycles. The van der Waals surface area contributed by atoms with Gasteiger partial charge in [0.15, 0.2) is 0 Å². The van der Waals surface area contributed by atoms with Crippen LogP contribution in [-0.2, 0) is 11.3 Å². The zero-order chi connectivity index (χ0) is 14.4. The van der Waals surface area contributed by atoms with Crippen LogP contribution in [0.3, 0.4) is 0 Å². The van der Waals surface area contributed by atoms with Gasteiger partial charge in [-0.05, 0) is 37.5 Å². The highest BCUT2D eigenvalue weighted by Gasteiger charge is 2.22. The molecule has 4 heteroatoms. The number of carbonyl (C=O) groups excluding carboxylic acids is 1. The monoisotopic (exact) mass is 292 g/mol. The topological polar surface area (TPSA) is 46.3 Å². The summed E-state index contributed by atoms with van der Waals surface area (Å²) in [5.74, 6) is 0.278. The maximum atomic E-state index is 12.5. The summed E-state index contributed by atoms with van der Waals surface area (Å²) in [5.41, 5.74) is 6.72. The Labute approximate surface area is 125 Å². The van der Waals surface area contributed by atoms with Crippen molar-refractivity contribution in [1.82, 2.24) is 4.90 Å². The van der Waals surface area contributed by atoms with Crippen LogP contribution >= 0.6 is 11.8 Å². The Balaban J connectivity index is 1.92. The SMILES string of the molecule is CC(Sc1ccc(CN)cc1)C(=O)N1CCCCCC1. The molecule has 1 heterocycles. The van der Waals surface area contributed by atoms with Crippen molar-refractivity contribution >= 4 is 17.7 Å². The fraction of sp³-hybridized carbons (Fsp3) is 0.562. The highest BCUT2D eigenvalue weighted by atomic mass is 32.2. The maximum Gasteiger partial charge on any atom is 0.235 e. The van der Waals surface area contributed by atoms with Gasteiger partial charge in [0.25, 0.3) is 0 Å². The zero-order valence-electron chi connectivity index (χ0n) is 12.2. The van der Waals surface area contributed by atoms with Crippen molar-refractivity contribution in [1.29, 1.82) is 0 Å². The third-order valence-electron chi connectivity index (χ3n) is 3.74. The Bertz CT molecular complexity index is 425. The lowest BCUT2D eigenvalue weighted by atomic mass is 10.2. The molecule has 0 spiro atoms. The van der Waals surface area contributed by atoms with Crippen molar-refractivity contribution in [2.45, 2.75) is 49.3 Å². The van der Waals surface area contributed by atoms with Gasteiger partial charge in [0.2, 0.25) is 5.91 Å². The molecule has 1 unspecified atom stereocenters. The quantitative estimate of drug-likeness (QED) is 0.868. The molecule has 0 radical (unpaired) electrons. The van der Waals surface area contributed by atoms with Crippen molar-refractivity contribution in [3.05, 3.63) is 29.8 Å². The predicted octanol–water partition coefficient (Wildman–Crippen LogP) is 3.03. The highest BCUT2D eigenvalue weighted by molar-refractivity contribution is 8.00. The number of carbonyl (C=O) groups is 1. The first-order chi connectivity index (χ1) is 9.70. The van der Waals surface area contributed by atoms with Gasteiger partial charge in [-0.25, -0.2) is 0 Å². The predicted molar refractivity (Wildman–Crippen MR) is 84.7 cm³/mol. The van der Waals surface area contributed by atoms with Crippen LogP contribution < -0.4 is 5.73 Å². The molecule has 1 amide bonds. The number of amides is 1. The van der Waals surface area contributed by atoms with Crippen LogP contribution in [0.5, 0.6) is 0 Å². The second-order valence-corrected chi connectivity index (χ2v) is 6.76. The molecule has 110 valence electrons. The number of thioether (sulfide) groups is 1. The lowest BCUT2D eigenvalue weighted by molar-refractivity contribution is -0.130. The summed E-state index contributed by atoms with van der Waals surface area (Å²) in [6.07, 6.45) is 4.81. The van der Waals surface area contributed by atoms with E-state index in [-0.39, 0.29) is 11.2 Å². The summed E-state index contributed by atoms with van der Waals surface area (Å²) in [5, 5.41) is -0.0168. The van der Waals surface area contributed by atoms with Crippen molar-refractivity contribution in [2.75, 3.05) is 13.1 Å². The fourth-order valence-electron chi connectivity index (χ4n) is 2.51. The molecule has 1 aromatic carbocycles. The first kappa shape index (κ1) is 15.4. The van der Waals surface area contributed by atoms with Crippen molar-refractivity contribution < 1.29 is 4.79 Å². The van der Waals surface area contributed by atoms with Crippen LogP contribution in [0.2, 0.25) is 0 Å². The first-order valence-corrected chi connectivity index (χ1v) is 8.33. The molecule has 0 bridgehead atoms. The largest absolute Gasteiger partial charge is 0.342 e. The van der Waals surface area contributed by atoms with Gasteiger partial charge in [-0.15, -0.1) is 11.8 Å². The van der Waals surface area contributed by atoms with Gasteiger partial charge in [0.1, 0.15) is 0 Å². The smallest absolute Gasteiger partial charge is 0.235 e. The normalized spacial score (nSPS) is 17.6. The van der Waals surface area contributed by atoms with Crippen LogP contribution in [0, 0.1) is 0 Å². The number of nitrogens with zero attached hydrogens (tertiary/aromatic N) is 1. The van der Waals surface area contributed by atoms with E-state index in [1.807, 2.05) is 24.0 Å². The average Bonchev–Trinajstić information content (AvgIpc) is 2.76. The van der Waals surface area contributed by atoms with E-state index in [2.05, 4.69) is 12.1 Å². The molecule has 1 saturated heterocycles. The minimum atomic E-state index is -0.0168. The van der Waals surface area contributed by atoms with Gasteiger partial charge in [-0.1, -0.05) is 25.0 Å². The molecule has 2 rings (SSSR count). The lowest BCUT2D eigenvalue weighted by Crippen LogP contribution is -2.37. The third-order valence-corrected chi connectivity index (χ3v) is 4.84. The second kappa shape index (κ2) is 7.70. The Morgan fingerprint density at radius 3 is 2.35 bits per heavy atom. The minimum Gasteiger partial charge on any atom is -0.342 e. The third kappa shape index (κ3) is 4.25. The number of rotatable bonds is 4. The van der Waals surface area contributed by atoms with Gasteiger partial charge in [-0.3, -0.25) is 4.79 Å². The Kier molecular flexibility index (Phi) is 5.92. The fourth-order valence-corrected chi connectivity index (χ4v) is 3.46. The van der Waals surface area contributed by atoms with Crippen molar-refractivity contribution in [2.24, 2.45) is 5.73 Å². The molecule has 20 heavy (non-hydrogen) atoms. The summed E-state index contributed by atoms with van der Waals surface area (Å²) < 4.78 is 0. The molecular formula is C16H24N2OS. The van der Waals surface area contributed by atoms with Crippen LogP contribution in [0.15, 0.2) is 29.2 Å². The standard InChI is InChI=1S/C16H24N2OS/c1-13(16(19)18-10-4-2-3-5-11-18)20-15-8-6-14(12-17)7-9-15/h6-9,13H,2-5,10-12,17H2,1H3. The molecule has 1 aliphatic rings. The molecule has 0 saturated carbocycles. The van der Waals surface area contributed by atoms with E-state index in [0.29, 0.717) is 6.54 Å². The van der Waals surface area contributed by atoms with Crippen molar-refractivity contribution in [3.8, 4) is 0 Å². The number of nitrogens with two attached hydrogens (primary N) is 1. The van der Waals surface area contributed by atoms with Gasteiger partial charge >= 0.3 is 0 Å². The molecular weight excluding hydrogens is 268 g/mol. The second-order valence-electron chi connectivity index (χ2n) is 5.35. The molecule has 2 N–H and O–H groups in total. The van der Waals surface area contributed by atoms with Gasteiger partial charge in [0, 0.05) is 24.5 Å². The van der Waals surface area contributed by atoms with Crippen LogP contribution in [0.1, 0.15) is 38.2 Å². The lowest BCUT2D eigenvalue weighted by Gasteiger charge is -2.23. The van der Waals surface area contributed by atoms with E-state index in [1.165, 1.54) is 12.8 Å². The summed E-state index contributed by atoms with van der Waals surface area (Å²) in [6.45, 7) is 4.42. The number of likely N-dealkylation sites (tertiary alicyclic amines) is 1. The van der Waals surface area contributed by atoms with Crippen LogP contribution in [0.4, 0.5) is 0 Å².